The van der Waals surface area contributed by atoms with E-state index in [2.05, 4.69) is 4.99 Å². The third-order valence-corrected chi connectivity index (χ3v) is 5.12. The zero-order valence-corrected chi connectivity index (χ0v) is 15.6. The number of carbonyl (C=O) groups excluding carboxylic acids is 1. The Morgan fingerprint density at radius 3 is 2.26 bits per heavy atom. The molecule has 0 atom stereocenters. The third-order valence-electron chi connectivity index (χ3n) is 3.82. The van der Waals surface area contributed by atoms with Gasteiger partial charge < -0.3 is 4.57 Å². The van der Waals surface area contributed by atoms with Crippen LogP contribution >= 0.6 is 22.9 Å². The van der Waals surface area contributed by atoms with Gasteiger partial charge in [0.1, 0.15) is 0 Å². The van der Waals surface area contributed by atoms with Crippen LogP contribution < -0.4 is 4.80 Å². The lowest BCUT2D eigenvalue weighted by Crippen LogP contribution is -2.14. The number of non-ortho nitro benzene ring substituents is 2. The zero-order valence-electron chi connectivity index (χ0n) is 14.0. The van der Waals surface area contributed by atoms with Crippen molar-refractivity contribution >= 4 is 50.4 Å². The molecule has 3 rings (SSSR count). The molecule has 0 unspecified atom stereocenters. The summed E-state index contributed by atoms with van der Waals surface area (Å²) in [5.74, 6) is -0.812. The van der Waals surface area contributed by atoms with Crippen LogP contribution in [0.3, 0.4) is 0 Å². The molecule has 9 nitrogen and oxygen atoms in total. The minimum atomic E-state index is -0.812. The van der Waals surface area contributed by atoms with Crippen molar-refractivity contribution in [3.63, 3.8) is 0 Å². The molecule has 0 saturated heterocycles. The molecule has 0 aliphatic heterocycles. The Labute approximate surface area is 160 Å². The van der Waals surface area contributed by atoms with Crippen molar-refractivity contribution in [1.29, 1.82) is 0 Å². The van der Waals surface area contributed by atoms with E-state index in [9.17, 15) is 25.0 Å². The number of amides is 1. The van der Waals surface area contributed by atoms with Gasteiger partial charge in [0.15, 0.2) is 4.80 Å². The van der Waals surface area contributed by atoms with Crippen LogP contribution in [-0.4, -0.2) is 20.3 Å². The Hall–Kier alpha value is -3.11. The first-order valence-corrected chi connectivity index (χ1v) is 8.65. The molecule has 0 aliphatic rings. The molecule has 27 heavy (non-hydrogen) atoms. The number of nitrogens with zero attached hydrogens (tertiary/aromatic N) is 4. The van der Waals surface area contributed by atoms with E-state index in [0.29, 0.717) is 9.82 Å². The van der Waals surface area contributed by atoms with Gasteiger partial charge in [-0.05, 0) is 24.6 Å². The molecule has 1 amide bonds. The lowest BCUT2D eigenvalue weighted by molar-refractivity contribution is -0.394. The summed E-state index contributed by atoms with van der Waals surface area (Å²) in [7, 11) is 1.72. The second kappa shape index (κ2) is 6.89. The number of rotatable bonds is 3. The van der Waals surface area contributed by atoms with E-state index in [-0.39, 0.29) is 5.56 Å². The number of carbonyl (C=O) groups is 1. The van der Waals surface area contributed by atoms with Crippen molar-refractivity contribution in [3.8, 4) is 0 Å². The lowest BCUT2D eigenvalue weighted by Gasteiger charge is -2.01. The molecule has 0 fully saturated rings. The van der Waals surface area contributed by atoms with Gasteiger partial charge in [-0.25, -0.2) is 0 Å². The number of nitro groups is 2. The van der Waals surface area contributed by atoms with Crippen molar-refractivity contribution in [1.82, 2.24) is 4.57 Å². The molecule has 0 bridgehead atoms. The number of hydrogen-bond acceptors (Lipinski definition) is 6. The Bertz CT molecular complexity index is 1170. The highest BCUT2D eigenvalue weighted by Crippen LogP contribution is 2.26. The zero-order chi connectivity index (χ0) is 19.9. The summed E-state index contributed by atoms with van der Waals surface area (Å²) in [6.45, 7) is 1.87. The maximum absolute atomic E-state index is 12.5. The van der Waals surface area contributed by atoms with Gasteiger partial charge in [-0.2, -0.15) is 4.99 Å². The van der Waals surface area contributed by atoms with Crippen molar-refractivity contribution in [3.05, 3.63) is 71.5 Å². The molecule has 0 saturated carbocycles. The summed E-state index contributed by atoms with van der Waals surface area (Å²) in [5.41, 5.74) is 0.414. The SMILES string of the molecule is Cc1cc(Cl)cc2sc(=NC(=O)c3cc([N+](=O)[O-])cc([N+](=O)[O-])c3)n(C)c12. The molecular formula is C16H11ClN4O5S. The highest BCUT2D eigenvalue weighted by molar-refractivity contribution is 7.16. The van der Waals surface area contributed by atoms with Gasteiger partial charge in [-0.1, -0.05) is 22.9 Å². The van der Waals surface area contributed by atoms with E-state index in [4.69, 9.17) is 11.6 Å². The summed E-state index contributed by atoms with van der Waals surface area (Å²) in [4.78, 5) is 37.2. The molecular weight excluding hydrogens is 396 g/mol. The van der Waals surface area contributed by atoms with E-state index < -0.39 is 27.1 Å². The monoisotopic (exact) mass is 406 g/mol. The standard InChI is InChI=1S/C16H11ClN4O5S/c1-8-3-10(17)6-13-14(8)19(2)16(27-13)18-15(22)9-4-11(20(23)24)7-12(5-9)21(25)26/h3-7H,1-2H3. The average molecular weight is 407 g/mol. The fraction of sp³-hybridized carbons (Fsp3) is 0.125. The van der Waals surface area contributed by atoms with E-state index in [1.165, 1.54) is 11.3 Å². The van der Waals surface area contributed by atoms with Gasteiger partial charge in [0.05, 0.1) is 31.7 Å². The Balaban J connectivity index is 2.16. The van der Waals surface area contributed by atoms with Crippen molar-refractivity contribution in [2.75, 3.05) is 0 Å². The first kappa shape index (κ1) is 18.7. The second-order valence-corrected chi connectivity index (χ2v) is 7.13. The number of benzene rings is 2. The topological polar surface area (TPSA) is 121 Å². The van der Waals surface area contributed by atoms with Gasteiger partial charge in [-0.15, -0.1) is 0 Å². The van der Waals surface area contributed by atoms with Gasteiger partial charge in [0.2, 0.25) is 0 Å². The maximum Gasteiger partial charge on any atom is 0.280 e. The third kappa shape index (κ3) is 3.57. The van der Waals surface area contributed by atoms with Crippen LogP contribution in [0.25, 0.3) is 10.2 Å². The number of hydrogen-bond donors (Lipinski definition) is 0. The van der Waals surface area contributed by atoms with Crippen LogP contribution in [0.5, 0.6) is 0 Å². The molecule has 11 heteroatoms. The van der Waals surface area contributed by atoms with Crippen molar-refractivity contribution in [2.45, 2.75) is 6.92 Å². The predicted molar refractivity (Wildman–Crippen MR) is 100 cm³/mol. The number of nitro benzene ring substituents is 2. The molecule has 0 N–H and O–H groups in total. The van der Waals surface area contributed by atoms with Gasteiger partial charge in [-0.3, -0.25) is 25.0 Å². The highest BCUT2D eigenvalue weighted by atomic mass is 35.5. The quantitative estimate of drug-likeness (QED) is 0.484. The fourth-order valence-corrected chi connectivity index (χ4v) is 4.12. The number of aromatic nitrogens is 1. The summed E-state index contributed by atoms with van der Waals surface area (Å²) in [5, 5.41) is 22.5. The van der Waals surface area contributed by atoms with E-state index in [1.54, 1.807) is 23.7 Å². The van der Waals surface area contributed by atoms with E-state index in [0.717, 1.165) is 34.0 Å². The second-order valence-electron chi connectivity index (χ2n) is 5.68. The molecule has 0 aliphatic carbocycles. The molecule has 2 aromatic carbocycles. The molecule has 1 heterocycles. The van der Waals surface area contributed by atoms with Crippen LogP contribution in [0.2, 0.25) is 5.02 Å². The number of aryl methyl sites for hydroxylation is 2. The van der Waals surface area contributed by atoms with Crippen molar-refractivity contribution in [2.24, 2.45) is 12.0 Å². The van der Waals surface area contributed by atoms with Gasteiger partial charge in [0, 0.05) is 24.2 Å². The first-order chi connectivity index (χ1) is 12.7. The fourth-order valence-electron chi connectivity index (χ4n) is 2.65. The summed E-state index contributed by atoms with van der Waals surface area (Å²) < 4.78 is 2.52. The Morgan fingerprint density at radius 2 is 1.70 bits per heavy atom. The number of fused-ring (bicyclic) bond motifs is 1. The molecule has 0 spiro atoms. The smallest absolute Gasteiger partial charge is 0.280 e. The largest absolute Gasteiger partial charge is 0.319 e. The molecule has 138 valence electrons. The number of thiazole rings is 1. The van der Waals surface area contributed by atoms with Crippen LogP contribution in [0.15, 0.2) is 35.3 Å². The Kier molecular flexibility index (Phi) is 4.77. The lowest BCUT2D eigenvalue weighted by atomic mass is 10.1. The minimum Gasteiger partial charge on any atom is -0.319 e. The van der Waals surface area contributed by atoms with Crippen LogP contribution in [-0.2, 0) is 7.05 Å². The van der Waals surface area contributed by atoms with Gasteiger partial charge >= 0.3 is 0 Å². The normalized spacial score (nSPS) is 11.7. The maximum atomic E-state index is 12.5. The van der Waals surface area contributed by atoms with E-state index in [1.807, 2.05) is 6.92 Å². The first-order valence-electron chi connectivity index (χ1n) is 7.46. The van der Waals surface area contributed by atoms with Crippen molar-refractivity contribution < 1.29 is 14.6 Å². The van der Waals surface area contributed by atoms with Crippen LogP contribution in [0, 0.1) is 27.2 Å². The van der Waals surface area contributed by atoms with E-state index >= 15 is 0 Å². The van der Waals surface area contributed by atoms with Gasteiger partial charge in [0.25, 0.3) is 17.3 Å². The molecule has 0 radical (unpaired) electrons. The number of halogens is 1. The summed E-state index contributed by atoms with van der Waals surface area (Å²) in [6.07, 6.45) is 0. The average Bonchev–Trinajstić information content (AvgIpc) is 2.89. The molecule has 1 aromatic heterocycles. The molecule has 3 aromatic rings. The highest BCUT2D eigenvalue weighted by Gasteiger charge is 2.20. The van der Waals surface area contributed by atoms with Crippen LogP contribution in [0.1, 0.15) is 15.9 Å². The summed E-state index contributed by atoms with van der Waals surface area (Å²) in [6, 6.07) is 6.26. The summed E-state index contributed by atoms with van der Waals surface area (Å²) >= 11 is 7.27. The van der Waals surface area contributed by atoms with Crippen LogP contribution in [0.4, 0.5) is 11.4 Å². The minimum absolute atomic E-state index is 0.233. The predicted octanol–water partition coefficient (Wildman–Crippen LogP) is 3.76. The Morgan fingerprint density at radius 1 is 1.11 bits per heavy atom.